The van der Waals surface area contributed by atoms with Gasteiger partial charge in [-0.05, 0) is 103 Å². The number of rotatable bonds is 7. The van der Waals surface area contributed by atoms with E-state index in [1.54, 1.807) is 60.7 Å². The van der Waals surface area contributed by atoms with Crippen LogP contribution in [0.25, 0.3) is 0 Å². The molecule has 4 aromatic carbocycles. The van der Waals surface area contributed by atoms with Gasteiger partial charge in [0.1, 0.15) is 41.2 Å². The number of esters is 1. The molecule has 1 fully saturated rings. The average Bonchev–Trinajstić information content (AvgIpc) is 3.58. The number of hydrogen-bond donors (Lipinski definition) is 1. The predicted octanol–water partition coefficient (Wildman–Crippen LogP) is 6.09. The van der Waals surface area contributed by atoms with Crippen molar-refractivity contribution in [3.05, 3.63) is 117 Å². The summed E-state index contributed by atoms with van der Waals surface area (Å²) in [5, 5.41) is 9.11. The minimum Gasteiger partial charge on any atom is -0.870 e. The monoisotopic (exact) mass is 766 g/mol. The molecule has 1 aliphatic heterocycles. The molecule has 0 aromatic heterocycles. The van der Waals surface area contributed by atoms with Gasteiger partial charge in [0, 0.05) is 34.6 Å². The summed E-state index contributed by atoms with van der Waals surface area (Å²) in [7, 11) is 0. The maximum absolute atomic E-state index is 12.8. The number of carbonyl (C=O) groups is 1. The molecule has 0 amide bonds. The normalized spacial score (nSPS) is 11.1. The molecule has 0 saturated carbocycles. The number of aliphatic hydroxyl groups excluding tert-OH is 1. The van der Waals surface area contributed by atoms with Crippen LogP contribution >= 0.6 is 31.9 Å². The molecule has 7 nitrogen and oxygen atoms in total. The van der Waals surface area contributed by atoms with E-state index in [2.05, 4.69) is 31.9 Å². The fourth-order valence-electron chi connectivity index (χ4n) is 3.43. The van der Waals surface area contributed by atoms with Crippen LogP contribution in [0.3, 0.4) is 0 Å². The van der Waals surface area contributed by atoms with E-state index in [1.807, 2.05) is 0 Å². The Kier molecular flexibility index (Phi) is 21.7. The SMILES string of the molecule is C1CCOC1.CC(=O)OCc1cc(Oc2ccc(F)cc2)ccc1Br.F.OCc1cc(Oc2ccc(F)cc2)ccc1Br.[Na+].[OH-]. The molecule has 5 rings (SSSR count). The van der Waals surface area contributed by atoms with Gasteiger partial charge in [-0.3, -0.25) is 9.50 Å². The molecule has 0 aliphatic carbocycles. The molecule has 4 aromatic rings. The van der Waals surface area contributed by atoms with E-state index in [4.69, 9.17) is 24.1 Å². The first-order valence-electron chi connectivity index (χ1n) is 13.0. The summed E-state index contributed by atoms with van der Waals surface area (Å²) < 4.78 is 48.2. The number of hydrogen-bond acceptors (Lipinski definition) is 7. The van der Waals surface area contributed by atoms with Gasteiger partial charge >= 0.3 is 35.5 Å². The summed E-state index contributed by atoms with van der Waals surface area (Å²) in [5.74, 6) is 1.31. The van der Waals surface area contributed by atoms with E-state index in [0.717, 1.165) is 33.3 Å². The van der Waals surface area contributed by atoms with Gasteiger partial charge in [-0.25, -0.2) is 8.78 Å². The summed E-state index contributed by atoms with van der Waals surface area (Å²) in [5.41, 5.74) is 1.53. The summed E-state index contributed by atoms with van der Waals surface area (Å²) in [6.45, 7) is 3.45. The smallest absolute Gasteiger partial charge is 0.870 e. The number of halogens is 5. The standard InChI is InChI=1S/C15H12BrFO3.C13H10BrFO2.C4H8O.FH.Na.H2O/c1-10(18)19-9-11-8-14(6-7-15(11)16)20-13-4-2-12(17)3-5-13;14-13-6-5-12(7-9(13)8-16)17-11-3-1-10(15)2-4-11;1-2-4-5-3-1;;;/h2-8H,9H2,1H3;1-7,16H,8H2;1-4H2;1H;;1H2/q;;;;+1;/p-1. The van der Waals surface area contributed by atoms with Crippen molar-refractivity contribution in [1.82, 2.24) is 0 Å². The fraction of sp³-hybridized carbons (Fsp3) is 0.219. The van der Waals surface area contributed by atoms with Gasteiger partial charge < -0.3 is 29.5 Å². The van der Waals surface area contributed by atoms with Gasteiger partial charge in [-0.2, -0.15) is 0 Å². The summed E-state index contributed by atoms with van der Waals surface area (Å²) in [6, 6.07) is 22.1. The molecule has 238 valence electrons. The third-order valence-corrected chi connectivity index (χ3v) is 7.11. The molecule has 0 radical (unpaired) electrons. The van der Waals surface area contributed by atoms with Crippen LogP contribution < -0.4 is 39.0 Å². The average molecular weight is 768 g/mol. The zero-order valence-electron chi connectivity index (χ0n) is 24.7. The second-order valence-electron chi connectivity index (χ2n) is 8.88. The molecule has 1 saturated heterocycles. The Morgan fingerprint density at radius 1 is 0.756 bits per heavy atom. The Bertz CT molecular complexity index is 1420. The number of aliphatic hydroxyl groups is 1. The predicted molar refractivity (Wildman–Crippen MR) is 167 cm³/mol. The number of carbonyl (C=O) groups excluding carboxylic acids is 1. The van der Waals surface area contributed by atoms with Crippen LogP contribution in [0, 0.1) is 11.6 Å². The summed E-state index contributed by atoms with van der Waals surface area (Å²) >= 11 is 6.70. The number of benzene rings is 4. The zero-order valence-corrected chi connectivity index (χ0v) is 29.9. The van der Waals surface area contributed by atoms with Crippen LogP contribution in [0.5, 0.6) is 23.0 Å². The van der Waals surface area contributed by atoms with Crippen LogP contribution in [0.2, 0.25) is 0 Å². The van der Waals surface area contributed by atoms with Crippen LogP contribution in [0.4, 0.5) is 13.5 Å². The van der Waals surface area contributed by atoms with Crippen LogP contribution in [-0.4, -0.2) is 29.8 Å². The molecule has 45 heavy (non-hydrogen) atoms. The fourth-order valence-corrected chi connectivity index (χ4v) is 4.16. The summed E-state index contributed by atoms with van der Waals surface area (Å²) in [6.07, 6.45) is 2.56. The maximum Gasteiger partial charge on any atom is 1.00 e. The molecular weight excluding hydrogens is 736 g/mol. The molecule has 0 atom stereocenters. The van der Waals surface area contributed by atoms with Gasteiger partial charge in [0.25, 0.3) is 0 Å². The Morgan fingerprint density at radius 2 is 1.16 bits per heavy atom. The maximum atomic E-state index is 12.8. The van der Waals surface area contributed by atoms with Gasteiger partial charge in [-0.15, -0.1) is 0 Å². The van der Waals surface area contributed by atoms with Gasteiger partial charge in [0.2, 0.25) is 0 Å². The molecule has 13 heteroatoms. The first-order valence-corrected chi connectivity index (χ1v) is 14.6. The molecule has 1 aliphatic rings. The minimum absolute atomic E-state index is 0. The Hall–Kier alpha value is -2.42. The molecule has 1 heterocycles. The van der Waals surface area contributed by atoms with Crippen molar-refractivity contribution in [1.29, 1.82) is 0 Å². The van der Waals surface area contributed by atoms with Crippen molar-refractivity contribution in [2.24, 2.45) is 0 Å². The second kappa shape index (κ2) is 23.0. The Balaban J connectivity index is 0.000000707. The quantitative estimate of drug-likeness (QED) is 0.179. The van der Waals surface area contributed by atoms with E-state index < -0.39 is 0 Å². The van der Waals surface area contributed by atoms with E-state index in [0.29, 0.717) is 23.0 Å². The number of ether oxygens (including phenoxy) is 4. The molecule has 0 unspecified atom stereocenters. The van der Waals surface area contributed by atoms with Gasteiger partial charge in [0.05, 0.1) is 6.61 Å². The topological polar surface area (TPSA) is 104 Å². The zero-order chi connectivity index (χ0) is 30.3. The van der Waals surface area contributed by atoms with Crippen LogP contribution in [0.1, 0.15) is 30.9 Å². The largest absolute Gasteiger partial charge is 1.00 e. The summed E-state index contributed by atoms with van der Waals surface area (Å²) in [4.78, 5) is 10.8. The van der Waals surface area contributed by atoms with Crippen molar-refractivity contribution in [2.75, 3.05) is 13.2 Å². The van der Waals surface area contributed by atoms with E-state index in [1.165, 1.54) is 44.0 Å². The first-order chi connectivity index (χ1) is 20.2. The molecule has 2 N–H and O–H groups in total. The van der Waals surface area contributed by atoms with E-state index >= 15 is 0 Å². The van der Waals surface area contributed by atoms with Crippen LogP contribution in [0.15, 0.2) is 93.9 Å². The molecule has 0 spiro atoms. The molecular formula is C32H32Br2F3NaO7. The second-order valence-corrected chi connectivity index (χ2v) is 10.6. The third-order valence-electron chi connectivity index (χ3n) is 5.56. The van der Waals surface area contributed by atoms with Crippen molar-refractivity contribution in [3.8, 4) is 23.0 Å². The van der Waals surface area contributed by atoms with Gasteiger partial charge in [-0.1, -0.05) is 31.9 Å². The molecule has 0 bridgehead atoms. The minimum atomic E-state index is -0.346. The van der Waals surface area contributed by atoms with Gasteiger partial charge in [0.15, 0.2) is 0 Å². The van der Waals surface area contributed by atoms with E-state index in [9.17, 15) is 13.6 Å². The van der Waals surface area contributed by atoms with E-state index in [-0.39, 0.29) is 70.6 Å². The van der Waals surface area contributed by atoms with Crippen LogP contribution in [-0.2, 0) is 27.5 Å². The Labute approximate surface area is 299 Å². The van der Waals surface area contributed by atoms with Crippen molar-refractivity contribution in [3.63, 3.8) is 0 Å². The van der Waals surface area contributed by atoms with Crippen molar-refractivity contribution >= 4 is 37.8 Å². The van der Waals surface area contributed by atoms with Crippen molar-refractivity contribution < 1.29 is 77.4 Å². The van der Waals surface area contributed by atoms with Crippen molar-refractivity contribution in [2.45, 2.75) is 33.0 Å². The Morgan fingerprint density at radius 3 is 1.53 bits per heavy atom. The third kappa shape index (κ3) is 16.1. The first kappa shape index (κ1) is 42.6.